The van der Waals surface area contributed by atoms with E-state index in [4.69, 9.17) is 14.3 Å². The Hall–Kier alpha value is -2.77. The van der Waals surface area contributed by atoms with E-state index in [9.17, 15) is 14.7 Å². The maximum atomic E-state index is 11.8. The van der Waals surface area contributed by atoms with Crippen LogP contribution >= 0.6 is 0 Å². The Balaban J connectivity index is 1.87. The van der Waals surface area contributed by atoms with Gasteiger partial charge in [-0.25, -0.2) is 9.59 Å². The van der Waals surface area contributed by atoms with Crippen molar-refractivity contribution >= 4 is 18.0 Å². The highest BCUT2D eigenvalue weighted by molar-refractivity contribution is 5.83. The Bertz CT molecular complexity index is 638. The van der Waals surface area contributed by atoms with E-state index in [1.54, 1.807) is 20.8 Å². The molecule has 0 fully saturated rings. The first-order chi connectivity index (χ1) is 11.7. The highest BCUT2D eigenvalue weighted by atomic mass is 16.7. The summed E-state index contributed by atoms with van der Waals surface area (Å²) in [7, 11) is 0. The zero-order valence-corrected chi connectivity index (χ0v) is 14.4. The van der Waals surface area contributed by atoms with Crippen LogP contribution in [-0.4, -0.2) is 40.8 Å². The number of amides is 1. The van der Waals surface area contributed by atoms with Crippen LogP contribution in [0.15, 0.2) is 35.5 Å². The Kier molecular flexibility index (Phi) is 5.84. The molecule has 1 heterocycles. The lowest BCUT2D eigenvalue weighted by atomic mass is 10.1. The number of hydrogen-bond donors (Lipinski definition) is 2. The smallest absolute Gasteiger partial charge is 0.408 e. The van der Waals surface area contributed by atoms with E-state index < -0.39 is 29.8 Å². The minimum absolute atomic E-state index is 0.138. The molecule has 0 aromatic heterocycles. The predicted octanol–water partition coefficient (Wildman–Crippen LogP) is 2.28. The number of carbonyl (C=O) groups excluding carboxylic acids is 1. The van der Waals surface area contributed by atoms with Crippen molar-refractivity contribution in [3.05, 3.63) is 35.9 Å². The number of oxime groups is 1. The van der Waals surface area contributed by atoms with Crippen molar-refractivity contribution in [3.8, 4) is 0 Å². The average Bonchev–Trinajstić information content (AvgIpc) is 2.98. The SMILES string of the molecule is CC(C)(C)OC(=O)N[C@H](C(=O)O)[C@H]1CC(OCc2ccccc2)=NO1. The lowest BCUT2D eigenvalue weighted by Crippen LogP contribution is -2.50. The van der Waals surface area contributed by atoms with Gasteiger partial charge in [-0.3, -0.25) is 0 Å². The molecule has 0 unspecified atom stereocenters. The topological polar surface area (TPSA) is 106 Å². The fourth-order valence-electron chi connectivity index (χ4n) is 2.13. The van der Waals surface area contributed by atoms with Gasteiger partial charge in [0.15, 0.2) is 12.1 Å². The second-order valence-electron chi connectivity index (χ2n) is 6.57. The lowest BCUT2D eigenvalue weighted by molar-refractivity contribution is -0.143. The van der Waals surface area contributed by atoms with Gasteiger partial charge < -0.3 is 24.7 Å². The molecule has 2 rings (SSSR count). The number of carbonyl (C=O) groups is 2. The number of nitrogens with one attached hydrogen (secondary N) is 1. The standard InChI is InChI=1S/C17H22N2O6/c1-17(2,3)24-16(22)18-14(15(20)21)12-9-13(19-25-12)23-10-11-7-5-4-6-8-11/h4-8,12,14H,9-10H2,1-3H3,(H,18,22)(H,20,21)/t12-,14+/m1/s1. The van der Waals surface area contributed by atoms with Crippen LogP contribution in [0, 0.1) is 0 Å². The summed E-state index contributed by atoms with van der Waals surface area (Å²) >= 11 is 0. The summed E-state index contributed by atoms with van der Waals surface area (Å²) in [5, 5.41) is 15.4. The molecule has 1 aliphatic heterocycles. The quantitative estimate of drug-likeness (QED) is 0.844. The van der Waals surface area contributed by atoms with Crippen LogP contribution in [-0.2, 0) is 25.7 Å². The molecule has 0 saturated heterocycles. The van der Waals surface area contributed by atoms with Crippen molar-refractivity contribution in [2.45, 2.75) is 51.5 Å². The third-order valence-corrected chi connectivity index (χ3v) is 3.22. The summed E-state index contributed by atoms with van der Waals surface area (Å²) in [5.41, 5.74) is 0.222. The van der Waals surface area contributed by atoms with Gasteiger partial charge in [-0.2, -0.15) is 0 Å². The summed E-state index contributed by atoms with van der Waals surface area (Å²) in [6.07, 6.45) is -1.56. The Labute approximate surface area is 145 Å². The Morgan fingerprint density at radius 1 is 1.36 bits per heavy atom. The number of nitrogens with zero attached hydrogens (tertiary/aromatic N) is 1. The molecule has 1 aliphatic rings. The number of benzene rings is 1. The number of aliphatic carboxylic acids is 1. The van der Waals surface area contributed by atoms with Gasteiger partial charge in [0.1, 0.15) is 12.2 Å². The largest absolute Gasteiger partial charge is 0.480 e. The number of ether oxygens (including phenoxy) is 2. The van der Waals surface area contributed by atoms with Crippen LogP contribution < -0.4 is 5.32 Å². The van der Waals surface area contributed by atoms with Crippen molar-refractivity contribution in [1.82, 2.24) is 5.32 Å². The molecule has 8 nitrogen and oxygen atoms in total. The van der Waals surface area contributed by atoms with Gasteiger partial charge in [0, 0.05) is 0 Å². The molecule has 0 spiro atoms. The summed E-state index contributed by atoms with van der Waals surface area (Å²) in [4.78, 5) is 28.4. The monoisotopic (exact) mass is 350 g/mol. The maximum absolute atomic E-state index is 11.8. The fraction of sp³-hybridized carbons (Fsp3) is 0.471. The molecule has 0 saturated carbocycles. The van der Waals surface area contributed by atoms with Crippen LogP contribution in [0.25, 0.3) is 0 Å². The van der Waals surface area contributed by atoms with Crippen LogP contribution in [0.2, 0.25) is 0 Å². The molecule has 1 aromatic rings. The molecule has 8 heteroatoms. The zero-order chi connectivity index (χ0) is 18.4. The molecular formula is C17H22N2O6. The van der Waals surface area contributed by atoms with Gasteiger partial charge in [-0.05, 0) is 26.3 Å². The molecule has 0 radical (unpaired) electrons. The number of carboxylic acids is 1. The van der Waals surface area contributed by atoms with E-state index >= 15 is 0 Å². The second-order valence-corrected chi connectivity index (χ2v) is 6.57. The van der Waals surface area contributed by atoms with Gasteiger partial charge in [-0.1, -0.05) is 35.5 Å². The second kappa shape index (κ2) is 7.87. The molecule has 136 valence electrons. The molecule has 2 atom stereocenters. The fourth-order valence-corrected chi connectivity index (χ4v) is 2.13. The molecule has 0 aliphatic carbocycles. The predicted molar refractivity (Wildman–Crippen MR) is 88.9 cm³/mol. The van der Waals surface area contributed by atoms with E-state index in [1.165, 1.54) is 0 Å². The van der Waals surface area contributed by atoms with E-state index in [1.807, 2.05) is 30.3 Å². The lowest BCUT2D eigenvalue weighted by Gasteiger charge is -2.23. The van der Waals surface area contributed by atoms with E-state index in [0.717, 1.165) is 5.56 Å². The number of hydrogen-bond acceptors (Lipinski definition) is 6. The Morgan fingerprint density at radius 2 is 2.04 bits per heavy atom. The molecule has 0 bridgehead atoms. The summed E-state index contributed by atoms with van der Waals surface area (Å²) in [6.45, 7) is 5.36. The maximum Gasteiger partial charge on any atom is 0.408 e. The number of alkyl carbamates (subject to hydrolysis) is 1. The zero-order valence-electron chi connectivity index (χ0n) is 14.4. The van der Waals surface area contributed by atoms with Crippen LogP contribution in [0.1, 0.15) is 32.8 Å². The van der Waals surface area contributed by atoms with Crippen LogP contribution in [0.3, 0.4) is 0 Å². The van der Waals surface area contributed by atoms with Gasteiger partial charge in [0.25, 0.3) is 0 Å². The number of rotatable bonds is 5. The summed E-state index contributed by atoms with van der Waals surface area (Å²) in [6, 6.07) is 8.18. The highest BCUT2D eigenvalue weighted by Crippen LogP contribution is 2.17. The van der Waals surface area contributed by atoms with Gasteiger partial charge >= 0.3 is 12.1 Å². The van der Waals surface area contributed by atoms with Crippen LogP contribution in [0.4, 0.5) is 4.79 Å². The first-order valence-electron chi connectivity index (χ1n) is 7.86. The minimum atomic E-state index is -1.29. The first kappa shape index (κ1) is 18.6. The molecule has 2 N–H and O–H groups in total. The van der Waals surface area contributed by atoms with Crippen LogP contribution in [0.5, 0.6) is 0 Å². The molecule has 1 amide bonds. The number of carboxylic acid groups (broad SMARTS) is 1. The van der Waals surface area contributed by atoms with E-state index in [2.05, 4.69) is 10.5 Å². The first-order valence-corrected chi connectivity index (χ1v) is 7.86. The van der Waals surface area contributed by atoms with Crippen molar-refractivity contribution < 1.29 is 29.0 Å². The third-order valence-electron chi connectivity index (χ3n) is 3.22. The van der Waals surface area contributed by atoms with Crippen molar-refractivity contribution in [1.29, 1.82) is 0 Å². The Morgan fingerprint density at radius 3 is 2.64 bits per heavy atom. The van der Waals surface area contributed by atoms with Crippen molar-refractivity contribution in [2.24, 2.45) is 5.16 Å². The van der Waals surface area contributed by atoms with Gasteiger partial charge in [-0.15, -0.1) is 0 Å². The van der Waals surface area contributed by atoms with Gasteiger partial charge in [0.05, 0.1) is 6.42 Å². The normalized spacial score (nSPS) is 17.9. The average molecular weight is 350 g/mol. The molecule has 25 heavy (non-hydrogen) atoms. The highest BCUT2D eigenvalue weighted by Gasteiger charge is 2.37. The summed E-state index contributed by atoms with van der Waals surface area (Å²) < 4.78 is 10.6. The summed E-state index contributed by atoms with van der Waals surface area (Å²) in [5.74, 6) is -0.957. The van der Waals surface area contributed by atoms with Crippen molar-refractivity contribution in [3.63, 3.8) is 0 Å². The van der Waals surface area contributed by atoms with E-state index in [-0.39, 0.29) is 12.3 Å². The molecule has 1 aromatic carbocycles. The van der Waals surface area contributed by atoms with Gasteiger partial charge in [0.2, 0.25) is 5.90 Å². The third kappa shape index (κ3) is 5.98. The van der Waals surface area contributed by atoms with E-state index in [0.29, 0.717) is 6.61 Å². The minimum Gasteiger partial charge on any atom is -0.480 e. The molecular weight excluding hydrogens is 328 g/mol. The van der Waals surface area contributed by atoms with Crippen molar-refractivity contribution in [2.75, 3.05) is 0 Å².